The van der Waals surface area contributed by atoms with Gasteiger partial charge in [-0.2, -0.15) is 13.2 Å². The van der Waals surface area contributed by atoms with E-state index in [1.807, 2.05) is 30.3 Å². The number of rotatable bonds is 6. The highest BCUT2D eigenvalue weighted by molar-refractivity contribution is 5.76. The molecule has 0 N–H and O–H groups in total. The van der Waals surface area contributed by atoms with Crippen LogP contribution in [0.4, 0.5) is 19.1 Å². The molecule has 1 aromatic heterocycles. The molecule has 2 aromatic rings. The topological polar surface area (TPSA) is 58.6 Å². The summed E-state index contributed by atoms with van der Waals surface area (Å²) < 4.78 is 43.3. The molecule has 28 heavy (non-hydrogen) atoms. The van der Waals surface area contributed by atoms with Crippen LogP contribution in [0.2, 0.25) is 0 Å². The van der Waals surface area contributed by atoms with E-state index in [4.69, 9.17) is 4.74 Å². The largest absolute Gasteiger partial charge is 0.419 e. The summed E-state index contributed by atoms with van der Waals surface area (Å²) in [6.45, 7) is 2.71. The standard InChI is InChI=1S/C19H21F3N4O2/c20-19(21,22)16-12-23-18(24-13-16)26-9-7-25(8-10-26)17(27)6-11-28-14-15-4-2-1-3-5-15/h1-5,12-13H,6-11,14H2. The Morgan fingerprint density at radius 2 is 1.68 bits per heavy atom. The molecule has 0 saturated carbocycles. The van der Waals surface area contributed by atoms with E-state index in [1.165, 1.54) is 0 Å². The van der Waals surface area contributed by atoms with E-state index in [0.29, 0.717) is 45.8 Å². The Hall–Kier alpha value is -2.68. The van der Waals surface area contributed by atoms with E-state index in [9.17, 15) is 18.0 Å². The van der Waals surface area contributed by atoms with Crippen molar-refractivity contribution < 1.29 is 22.7 Å². The number of hydrogen-bond acceptors (Lipinski definition) is 5. The van der Waals surface area contributed by atoms with Crippen molar-refractivity contribution in [3.05, 3.63) is 53.9 Å². The van der Waals surface area contributed by atoms with Crippen LogP contribution in [0.15, 0.2) is 42.7 Å². The average Bonchev–Trinajstić information content (AvgIpc) is 2.71. The van der Waals surface area contributed by atoms with Gasteiger partial charge in [0.1, 0.15) is 0 Å². The van der Waals surface area contributed by atoms with Gasteiger partial charge < -0.3 is 14.5 Å². The molecule has 0 unspecified atom stereocenters. The lowest BCUT2D eigenvalue weighted by Crippen LogP contribution is -2.49. The molecular weight excluding hydrogens is 373 g/mol. The van der Waals surface area contributed by atoms with Gasteiger partial charge in [-0.15, -0.1) is 0 Å². The van der Waals surface area contributed by atoms with Crippen LogP contribution in [0.3, 0.4) is 0 Å². The van der Waals surface area contributed by atoms with Gasteiger partial charge in [0.15, 0.2) is 0 Å². The lowest BCUT2D eigenvalue weighted by atomic mass is 10.2. The quantitative estimate of drug-likeness (QED) is 0.706. The molecule has 1 fully saturated rings. The zero-order valence-electron chi connectivity index (χ0n) is 15.2. The van der Waals surface area contributed by atoms with Gasteiger partial charge >= 0.3 is 6.18 Å². The summed E-state index contributed by atoms with van der Waals surface area (Å²) in [7, 11) is 0. The van der Waals surface area contributed by atoms with Crippen LogP contribution < -0.4 is 4.90 Å². The zero-order chi connectivity index (χ0) is 20.0. The first kappa shape index (κ1) is 20.1. The minimum absolute atomic E-state index is 0.000972. The van der Waals surface area contributed by atoms with Crippen LogP contribution in [0.1, 0.15) is 17.5 Å². The third-order valence-electron chi connectivity index (χ3n) is 4.45. The smallest absolute Gasteiger partial charge is 0.376 e. The van der Waals surface area contributed by atoms with Crippen molar-refractivity contribution in [2.24, 2.45) is 0 Å². The molecule has 1 aliphatic rings. The Kier molecular flexibility index (Phi) is 6.45. The normalized spacial score (nSPS) is 15.0. The van der Waals surface area contributed by atoms with Crippen LogP contribution in [0, 0.1) is 0 Å². The van der Waals surface area contributed by atoms with Crippen molar-refractivity contribution >= 4 is 11.9 Å². The summed E-state index contributed by atoms with van der Waals surface area (Å²) in [6.07, 6.45) is -2.59. The summed E-state index contributed by atoms with van der Waals surface area (Å²) >= 11 is 0. The number of amides is 1. The van der Waals surface area contributed by atoms with E-state index in [0.717, 1.165) is 18.0 Å². The highest BCUT2D eigenvalue weighted by Crippen LogP contribution is 2.28. The minimum atomic E-state index is -4.45. The number of ether oxygens (including phenoxy) is 1. The van der Waals surface area contributed by atoms with Gasteiger partial charge in [-0.25, -0.2) is 9.97 Å². The molecule has 1 aromatic carbocycles. The molecule has 1 aliphatic heterocycles. The highest BCUT2D eigenvalue weighted by atomic mass is 19.4. The Balaban J connectivity index is 1.40. The SMILES string of the molecule is O=C(CCOCc1ccccc1)N1CCN(c2ncc(C(F)(F)F)cn2)CC1. The molecule has 9 heteroatoms. The second-order valence-corrected chi connectivity index (χ2v) is 6.43. The number of alkyl halides is 3. The van der Waals surface area contributed by atoms with Crippen LogP contribution >= 0.6 is 0 Å². The van der Waals surface area contributed by atoms with Crippen molar-refractivity contribution in [3.63, 3.8) is 0 Å². The third kappa shape index (κ3) is 5.41. The van der Waals surface area contributed by atoms with Crippen LogP contribution in [0.25, 0.3) is 0 Å². The summed E-state index contributed by atoms with van der Waals surface area (Å²) in [5.41, 5.74) is 0.181. The Morgan fingerprint density at radius 1 is 1.04 bits per heavy atom. The van der Waals surface area contributed by atoms with Gasteiger partial charge in [0.25, 0.3) is 0 Å². The van der Waals surface area contributed by atoms with E-state index >= 15 is 0 Å². The molecule has 0 atom stereocenters. The first-order valence-corrected chi connectivity index (χ1v) is 8.97. The predicted octanol–water partition coefficient (Wildman–Crippen LogP) is 2.75. The van der Waals surface area contributed by atoms with Crippen LogP contribution in [-0.2, 0) is 22.3 Å². The third-order valence-corrected chi connectivity index (χ3v) is 4.45. The molecule has 3 rings (SSSR count). The van der Waals surface area contributed by atoms with Gasteiger partial charge in [-0.1, -0.05) is 30.3 Å². The Labute approximate surface area is 160 Å². The molecule has 2 heterocycles. The maximum Gasteiger partial charge on any atom is 0.419 e. The van der Waals surface area contributed by atoms with E-state index in [2.05, 4.69) is 9.97 Å². The predicted molar refractivity (Wildman–Crippen MR) is 96.5 cm³/mol. The summed E-state index contributed by atoms with van der Waals surface area (Å²) in [4.78, 5) is 23.4. The number of carbonyl (C=O) groups is 1. The summed E-state index contributed by atoms with van der Waals surface area (Å²) in [6, 6.07) is 9.73. The average molecular weight is 394 g/mol. The molecule has 150 valence electrons. The van der Waals surface area contributed by atoms with Crippen LogP contribution in [-0.4, -0.2) is 53.6 Å². The molecule has 0 spiro atoms. The number of nitrogens with zero attached hydrogens (tertiary/aromatic N) is 4. The highest BCUT2D eigenvalue weighted by Gasteiger charge is 2.32. The van der Waals surface area contributed by atoms with Crippen molar-refractivity contribution in [2.75, 3.05) is 37.7 Å². The number of hydrogen-bond donors (Lipinski definition) is 0. The fourth-order valence-electron chi connectivity index (χ4n) is 2.87. The van der Waals surface area contributed by atoms with Gasteiger partial charge in [0, 0.05) is 38.6 Å². The van der Waals surface area contributed by atoms with E-state index < -0.39 is 11.7 Å². The lowest BCUT2D eigenvalue weighted by Gasteiger charge is -2.34. The van der Waals surface area contributed by atoms with Gasteiger partial charge in [0.05, 0.1) is 25.2 Å². The first-order valence-electron chi connectivity index (χ1n) is 8.97. The van der Waals surface area contributed by atoms with E-state index in [1.54, 1.807) is 9.80 Å². The maximum atomic E-state index is 12.6. The summed E-state index contributed by atoms with van der Waals surface area (Å²) in [5.74, 6) is 0.243. The van der Waals surface area contributed by atoms with Gasteiger partial charge in [0.2, 0.25) is 11.9 Å². The second-order valence-electron chi connectivity index (χ2n) is 6.43. The van der Waals surface area contributed by atoms with Crippen LogP contribution in [0.5, 0.6) is 0 Å². The molecule has 1 amide bonds. The number of benzene rings is 1. The zero-order valence-corrected chi connectivity index (χ0v) is 15.2. The number of carbonyl (C=O) groups excluding carboxylic acids is 1. The van der Waals surface area contributed by atoms with Crippen molar-refractivity contribution in [3.8, 4) is 0 Å². The Bertz CT molecular complexity index is 761. The van der Waals surface area contributed by atoms with Crippen molar-refractivity contribution in [2.45, 2.75) is 19.2 Å². The first-order chi connectivity index (χ1) is 13.4. The molecular formula is C19H21F3N4O2. The number of aromatic nitrogens is 2. The monoisotopic (exact) mass is 394 g/mol. The lowest BCUT2D eigenvalue weighted by molar-refractivity contribution is -0.138. The fourth-order valence-corrected chi connectivity index (χ4v) is 2.87. The maximum absolute atomic E-state index is 12.6. The van der Waals surface area contributed by atoms with Crippen molar-refractivity contribution in [1.82, 2.24) is 14.9 Å². The Morgan fingerprint density at radius 3 is 2.29 bits per heavy atom. The molecule has 6 nitrogen and oxygen atoms in total. The minimum Gasteiger partial charge on any atom is -0.376 e. The van der Waals surface area contributed by atoms with Crippen molar-refractivity contribution in [1.29, 1.82) is 0 Å². The molecule has 0 radical (unpaired) electrons. The van der Waals surface area contributed by atoms with Gasteiger partial charge in [-0.3, -0.25) is 4.79 Å². The second kappa shape index (κ2) is 9.01. The number of piperazine rings is 1. The van der Waals surface area contributed by atoms with E-state index in [-0.39, 0.29) is 11.9 Å². The molecule has 1 saturated heterocycles. The molecule has 0 bridgehead atoms. The number of halogens is 3. The van der Waals surface area contributed by atoms with Gasteiger partial charge in [-0.05, 0) is 5.56 Å². The molecule has 0 aliphatic carbocycles. The fraction of sp³-hybridized carbons (Fsp3) is 0.421. The summed E-state index contributed by atoms with van der Waals surface area (Å²) in [5, 5.41) is 0. The number of anilines is 1.